The Balaban J connectivity index is 1.41. The third kappa shape index (κ3) is 10.3. The summed E-state index contributed by atoms with van der Waals surface area (Å²) in [7, 11) is 3.94. The smallest absolute Gasteiger partial charge is 0.307 e. The fourth-order valence-electron chi connectivity index (χ4n) is 3.22. The van der Waals surface area contributed by atoms with Crippen LogP contribution < -0.4 is 9.80 Å². The number of carbonyl (C=O) groups excluding carboxylic acids is 2. The van der Waals surface area contributed by atoms with Crippen LogP contribution in [0.15, 0.2) is 60.7 Å². The predicted molar refractivity (Wildman–Crippen MR) is 129 cm³/mol. The van der Waals surface area contributed by atoms with Gasteiger partial charge in [-0.2, -0.15) is 0 Å². The Morgan fingerprint density at radius 2 is 1.00 bits per heavy atom. The van der Waals surface area contributed by atoms with Gasteiger partial charge in [-0.05, 0) is 49.9 Å². The van der Waals surface area contributed by atoms with E-state index in [0.29, 0.717) is 39.1 Å². The Bertz CT molecular complexity index is 715. The van der Waals surface area contributed by atoms with Crippen LogP contribution in [-0.4, -0.2) is 52.3 Å². The zero-order chi connectivity index (χ0) is 23.0. The van der Waals surface area contributed by atoms with E-state index >= 15 is 0 Å². The van der Waals surface area contributed by atoms with E-state index in [2.05, 4.69) is 0 Å². The lowest BCUT2D eigenvalue weighted by atomic mass is 10.2. The van der Waals surface area contributed by atoms with Gasteiger partial charge in [-0.3, -0.25) is 9.59 Å². The third-order valence-electron chi connectivity index (χ3n) is 5.26. The van der Waals surface area contributed by atoms with Gasteiger partial charge in [0.2, 0.25) is 0 Å². The maximum absolute atomic E-state index is 11.9. The van der Waals surface area contributed by atoms with E-state index in [1.165, 1.54) is 0 Å². The first-order valence-corrected chi connectivity index (χ1v) is 11.4. The molecule has 0 aliphatic heterocycles. The summed E-state index contributed by atoms with van der Waals surface area (Å²) >= 11 is 0. The van der Waals surface area contributed by atoms with Gasteiger partial charge in [0.25, 0.3) is 0 Å². The van der Waals surface area contributed by atoms with Gasteiger partial charge in [0.1, 0.15) is 0 Å². The average molecular weight is 441 g/mol. The molecule has 2 aromatic rings. The number of hydrogen-bond acceptors (Lipinski definition) is 6. The van der Waals surface area contributed by atoms with Gasteiger partial charge in [-0.1, -0.05) is 36.4 Å². The molecule has 0 spiro atoms. The second-order valence-electron chi connectivity index (χ2n) is 7.87. The van der Waals surface area contributed by atoms with Crippen molar-refractivity contribution in [1.29, 1.82) is 0 Å². The Morgan fingerprint density at radius 1 is 0.625 bits per heavy atom. The van der Waals surface area contributed by atoms with E-state index in [4.69, 9.17) is 9.47 Å². The van der Waals surface area contributed by atoms with Crippen LogP contribution >= 0.6 is 0 Å². The minimum Gasteiger partial charge on any atom is -0.466 e. The quantitative estimate of drug-likeness (QED) is 0.296. The zero-order valence-corrected chi connectivity index (χ0v) is 19.4. The normalized spacial score (nSPS) is 10.4. The van der Waals surface area contributed by atoms with Gasteiger partial charge in [0, 0.05) is 38.6 Å². The highest BCUT2D eigenvalue weighted by atomic mass is 16.5. The van der Waals surface area contributed by atoms with E-state index in [-0.39, 0.29) is 11.9 Å². The highest BCUT2D eigenvalue weighted by Crippen LogP contribution is 2.12. The number of ether oxygens (including phenoxy) is 2. The molecule has 2 aromatic carbocycles. The number of unbranched alkanes of at least 4 members (excludes halogenated alkanes) is 3. The highest BCUT2D eigenvalue weighted by molar-refractivity contribution is 5.70. The minimum atomic E-state index is -0.165. The van der Waals surface area contributed by atoms with E-state index in [0.717, 1.165) is 37.1 Å². The predicted octanol–water partition coefficient (Wildman–Crippen LogP) is 4.69. The molecule has 0 saturated heterocycles. The molecule has 0 radical (unpaired) electrons. The second-order valence-corrected chi connectivity index (χ2v) is 7.87. The summed E-state index contributed by atoms with van der Waals surface area (Å²) in [5.74, 6) is -0.329. The van der Waals surface area contributed by atoms with Crippen LogP contribution in [0.4, 0.5) is 11.4 Å². The third-order valence-corrected chi connectivity index (χ3v) is 5.26. The van der Waals surface area contributed by atoms with Gasteiger partial charge in [-0.15, -0.1) is 0 Å². The maximum atomic E-state index is 11.9. The summed E-state index contributed by atoms with van der Waals surface area (Å²) < 4.78 is 10.6. The van der Waals surface area contributed by atoms with Gasteiger partial charge in [0.05, 0.1) is 26.1 Å². The van der Waals surface area contributed by atoms with Crippen molar-refractivity contribution in [3.05, 3.63) is 60.7 Å². The van der Waals surface area contributed by atoms with E-state index in [1.807, 2.05) is 84.6 Å². The molecule has 2 rings (SSSR count). The highest BCUT2D eigenvalue weighted by Gasteiger charge is 2.08. The molecule has 0 bridgehead atoms. The Hall–Kier alpha value is -3.02. The molecule has 174 valence electrons. The Kier molecular flexibility index (Phi) is 11.7. The van der Waals surface area contributed by atoms with Crippen molar-refractivity contribution in [2.24, 2.45) is 0 Å². The molecule has 0 fully saturated rings. The van der Waals surface area contributed by atoms with Crippen LogP contribution in [-0.2, 0) is 19.1 Å². The summed E-state index contributed by atoms with van der Waals surface area (Å²) in [6.07, 6.45) is 4.31. The molecule has 0 aliphatic carbocycles. The van der Waals surface area contributed by atoms with Crippen molar-refractivity contribution < 1.29 is 19.1 Å². The molecule has 0 N–H and O–H groups in total. The van der Waals surface area contributed by atoms with Crippen LogP contribution in [0, 0.1) is 0 Å². The molecule has 6 nitrogen and oxygen atoms in total. The van der Waals surface area contributed by atoms with E-state index in [9.17, 15) is 9.59 Å². The summed E-state index contributed by atoms with van der Waals surface area (Å²) in [5.41, 5.74) is 2.17. The molecule has 0 atom stereocenters. The number of hydrogen-bond donors (Lipinski definition) is 0. The molecule has 0 unspecified atom stereocenters. The van der Waals surface area contributed by atoms with Crippen LogP contribution in [0.3, 0.4) is 0 Å². The molecule has 6 heteroatoms. The number of rotatable bonds is 15. The molecule has 0 aliphatic rings. The summed E-state index contributed by atoms with van der Waals surface area (Å²) in [6.45, 7) is 2.16. The molecule has 0 amide bonds. The van der Waals surface area contributed by atoms with Crippen molar-refractivity contribution in [2.45, 2.75) is 38.5 Å². The van der Waals surface area contributed by atoms with Crippen molar-refractivity contribution in [1.82, 2.24) is 0 Å². The zero-order valence-electron chi connectivity index (χ0n) is 19.4. The van der Waals surface area contributed by atoms with Gasteiger partial charge in [0.15, 0.2) is 0 Å². The molecule has 0 aromatic heterocycles. The van der Waals surface area contributed by atoms with Crippen LogP contribution in [0.2, 0.25) is 0 Å². The maximum Gasteiger partial charge on any atom is 0.307 e. The summed E-state index contributed by atoms with van der Waals surface area (Å²) in [5, 5.41) is 0. The van der Waals surface area contributed by atoms with Crippen molar-refractivity contribution in [3.63, 3.8) is 0 Å². The fraction of sp³-hybridized carbons (Fsp3) is 0.462. The fourth-order valence-corrected chi connectivity index (χ4v) is 3.22. The molecule has 32 heavy (non-hydrogen) atoms. The number of esters is 2. The van der Waals surface area contributed by atoms with Crippen LogP contribution in [0.1, 0.15) is 38.5 Å². The standard InChI is InChI=1S/C26H36N2O4/c1-27(23-13-7-5-8-14-23)19-17-25(29)31-21-11-3-4-12-22-32-26(30)18-20-28(2)24-15-9-6-10-16-24/h5-10,13-16H,3-4,11-12,17-22H2,1-2H3. The number of anilines is 2. The number of nitrogens with zero attached hydrogens (tertiary/aromatic N) is 2. The topological polar surface area (TPSA) is 59.1 Å². The largest absolute Gasteiger partial charge is 0.466 e. The molecule has 0 saturated carbocycles. The Labute approximate surface area is 192 Å². The van der Waals surface area contributed by atoms with E-state index < -0.39 is 0 Å². The first kappa shape index (κ1) is 25.2. The average Bonchev–Trinajstić information content (AvgIpc) is 2.83. The summed E-state index contributed by atoms with van der Waals surface area (Å²) in [4.78, 5) is 27.8. The van der Waals surface area contributed by atoms with Crippen LogP contribution in [0.5, 0.6) is 0 Å². The molecular formula is C26H36N2O4. The van der Waals surface area contributed by atoms with Gasteiger partial charge >= 0.3 is 11.9 Å². The molecule has 0 heterocycles. The lowest BCUT2D eigenvalue weighted by molar-refractivity contribution is -0.144. The summed E-state index contributed by atoms with van der Waals surface area (Å²) in [6, 6.07) is 20.0. The lowest BCUT2D eigenvalue weighted by Gasteiger charge is -2.18. The lowest BCUT2D eigenvalue weighted by Crippen LogP contribution is -2.22. The SMILES string of the molecule is CN(CCC(=O)OCCCCCCOC(=O)CCN(C)c1ccccc1)c1ccccc1. The van der Waals surface area contributed by atoms with Gasteiger partial charge < -0.3 is 19.3 Å². The molecular weight excluding hydrogens is 404 g/mol. The number of carbonyl (C=O) groups is 2. The van der Waals surface area contributed by atoms with Crippen LogP contribution in [0.25, 0.3) is 0 Å². The monoisotopic (exact) mass is 440 g/mol. The van der Waals surface area contributed by atoms with Crippen molar-refractivity contribution in [3.8, 4) is 0 Å². The minimum absolute atomic E-state index is 0.165. The first-order chi connectivity index (χ1) is 15.6. The number of benzene rings is 2. The van der Waals surface area contributed by atoms with Crippen molar-refractivity contribution >= 4 is 23.3 Å². The number of para-hydroxylation sites is 2. The van der Waals surface area contributed by atoms with Gasteiger partial charge in [-0.25, -0.2) is 0 Å². The second kappa shape index (κ2) is 14.9. The van der Waals surface area contributed by atoms with Crippen molar-refractivity contribution in [2.75, 3.05) is 50.2 Å². The first-order valence-electron chi connectivity index (χ1n) is 11.4. The van der Waals surface area contributed by atoms with E-state index in [1.54, 1.807) is 0 Å². The Morgan fingerprint density at radius 3 is 1.38 bits per heavy atom.